The second-order valence-electron chi connectivity index (χ2n) is 4.27. The lowest BCUT2D eigenvalue weighted by atomic mass is 10.2. The quantitative estimate of drug-likeness (QED) is 0.703. The molecule has 2 heterocycles. The third-order valence-corrected chi connectivity index (χ3v) is 2.93. The van der Waals surface area contributed by atoms with Crippen LogP contribution in [0.25, 0.3) is 10.9 Å². The number of nitrogens with one attached hydrogen (secondary N) is 1. The average Bonchev–Trinajstić information content (AvgIpc) is 2.89. The van der Waals surface area contributed by atoms with Crippen molar-refractivity contribution in [2.24, 2.45) is 0 Å². The van der Waals surface area contributed by atoms with E-state index in [9.17, 15) is 4.79 Å². The van der Waals surface area contributed by atoms with E-state index >= 15 is 0 Å². The minimum absolute atomic E-state index is 0.230. The topological polar surface area (TPSA) is 98.8 Å². The minimum Gasteiger partial charge on any atom is -0.452 e. The molecule has 0 saturated heterocycles. The summed E-state index contributed by atoms with van der Waals surface area (Å²) in [4.78, 5) is 18.2. The molecule has 0 radical (unpaired) electrons. The molecule has 0 atom stereocenters. The van der Waals surface area contributed by atoms with Crippen LogP contribution in [0, 0.1) is 0 Å². The fraction of sp³-hybridized carbons (Fsp3) is 0.154. The summed E-state index contributed by atoms with van der Waals surface area (Å²) in [6, 6.07) is 3.20. The number of anilines is 1. The van der Waals surface area contributed by atoms with Gasteiger partial charge in [0.2, 0.25) is 0 Å². The van der Waals surface area contributed by atoms with Gasteiger partial charge >= 0.3 is 0 Å². The Balaban J connectivity index is 2.03. The number of hydrogen-bond donors (Lipinski definition) is 2. The van der Waals surface area contributed by atoms with Crippen molar-refractivity contribution in [1.82, 2.24) is 19.7 Å². The summed E-state index contributed by atoms with van der Waals surface area (Å²) in [5.41, 5.74) is 6.58. The SMILES string of the molecule is CCn1cc(Oc2cc3nc[nH]c(=O)c3cc2N)cn1. The molecule has 7 nitrogen and oxygen atoms in total. The Morgan fingerprint density at radius 1 is 1.45 bits per heavy atom. The van der Waals surface area contributed by atoms with E-state index < -0.39 is 0 Å². The average molecular weight is 271 g/mol. The molecule has 20 heavy (non-hydrogen) atoms. The van der Waals surface area contributed by atoms with Gasteiger partial charge in [-0.1, -0.05) is 0 Å². The Morgan fingerprint density at radius 2 is 2.30 bits per heavy atom. The summed E-state index contributed by atoms with van der Waals surface area (Å²) in [5, 5.41) is 4.55. The Bertz CT molecular complexity index is 821. The largest absolute Gasteiger partial charge is 0.452 e. The molecular weight excluding hydrogens is 258 g/mol. The van der Waals surface area contributed by atoms with Crippen LogP contribution >= 0.6 is 0 Å². The van der Waals surface area contributed by atoms with Crippen LogP contribution in [-0.2, 0) is 6.54 Å². The van der Waals surface area contributed by atoms with E-state index in [0.717, 1.165) is 6.54 Å². The summed E-state index contributed by atoms with van der Waals surface area (Å²) in [6.45, 7) is 2.74. The third kappa shape index (κ3) is 2.09. The molecular formula is C13H13N5O2. The van der Waals surface area contributed by atoms with Gasteiger partial charge in [0.15, 0.2) is 11.5 Å². The van der Waals surface area contributed by atoms with Gasteiger partial charge in [0, 0.05) is 12.6 Å². The number of aryl methyl sites for hydroxylation is 1. The third-order valence-electron chi connectivity index (χ3n) is 2.93. The second kappa shape index (κ2) is 4.69. The van der Waals surface area contributed by atoms with Crippen molar-refractivity contribution in [2.75, 3.05) is 5.73 Å². The van der Waals surface area contributed by atoms with Crippen LogP contribution in [0.4, 0.5) is 5.69 Å². The van der Waals surface area contributed by atoms with E-state index in [1.54, 1.807) is 29.2 Å². The molecule has 0 amide bonds. The fourth-order valence-electron chi connectivity index (χ4n) is 1.90. The van der Waals surface area contributed by atoms with Crippen molar-refractivity contribution in [3.63, 3.8) is 0 Å². The van der Waals surface area contributed by atoms with Gasteiger partial charge in [-0.05, 0) is 13.0 Å². The molecule has 7 heteroatoms. The molecule has 3 aromatic rings. The number of rotatable bonds is 3. The molecule has 0 aliphatic rings. The van der Waals surface area contributed by atoms with Crippen molar-refractivity contribution < 1.29 is 4.74 Å². The first-order valence-electron chi connectivity index (χ1n) is 6.14. The molecule has 0 bridgehead atoms. The van der Waals surface area contributed by atoms with Crippen LogP contribution in [0.1, 0.15) is 6.92 Å². The first kappa shape index (κ1) is 12.2. The zero-order chi connectivity index (χ0) is 14.1. The second-order valence-corrected chi connectivity index (χ2v) is 4.27. The number of H-pyrrole nitrogens is 1. The summed E-state index contributed by atoms with van der Waals surface area (Å²) in [7, 11) is 0. The molecule has 102 valence electrons. The molecule has 0 aliphatic carbocycles. The van der Waals surface area contributed by atoms with Crippen molar-refractivity contribution >= 4 is 16.6 Å². The standard InChI is InChI=1S/C13H13N5O2/c1-2-18-6-8(5-17-18)20-12-4-11-9(3-10(12)14)13(19)16-7-15-11/h3-7H,2,14H2,1H3,(H,15,16,19). The van der Waals surface area contributed by atoms with Gasteiger partial charge in [-0.15, -0.1) is 0 Å². The lowest BCUT2D eigenvalue weighted by Gasteiger charge is -2.07. The number of hydrogen-bond acceptors (Lipinski definition) is 5. The number of nitrogens with two attached hydrogens (primary N) is 1. The van der Waals surface area contributed by atoms with Crippen molar-refractivity contribution in [3.05, 3.63) is 41.2 Å². The normalized spacial score (nSPS) is 10.8. The zero-order valence-corrected chi connectivity index (χ0v) is 10.8. The van der Waals surface area contributed by atoms with Gasteiger partial charge in [0.25, 0.3) is 5.56 Å². The van der Waals surface area contributed by atoms with E-state index in [1.807, 2.05) is 6.92 Å². The highest BCUT2D eigenvalue weighted by molar-refractivity contribution is 5.84. The smallest absolute Gasteiger partial charge is 0.258 e. The summed E-state index contributed by atoms with van der Waals surface area (Å²) < 4.78 is 7.42. The van der Waals surface area contributed by atoms with Crippen LogP contribution in [0.5, 0.6) is 11.5 Å². The van der Waals surface area contributed by atoms with E-state index in [1.165, 1.54) is 6.33 Å². The molecule has 3 rings (SSSR count). The molecule has 0 fully saturated rings. The molecule has 0 unspecified atom stereocenters. The van der Waals surface area contributed by atoms with Gasteiger partial charge in [-0.3, -0.25) is 9.48 Å². The van der Waals surface area contributed by atoms with Crippen LogP contribution in [0.15, 0.2) is 35.6 Å². The number of benzene rings is 1. The maximum absolute atomic E-state index is 11.6. The molecule has 2 aromatic heterocycles. The lowest BCUT2D eigenvalue weighted by molar-refractivity contribution is 0.484. The highest BCUT2D eigenvalue weighted by Gasteiger charge is 2.09. The van der Waals surface area contributed by atoms with E-state index in [4.69, 9.17) is 10.5 Å². The van der Waals surface area contributed by atoms with Gasteiger partial charge in [-0.2, -0.15) is 5.10 Å². The van der Waals surface area contributed by atoms with Gasteiger partial charge < -0.3 is 15.5 Å². The number of nitrogen functional groups attached to an aromatic ring is 1. The fourth-order valence-corrected chi connectivity index (χ4v) is 1.90. The van der Waals surface area contributed by atoms with Crippen molar-refractivity contribution in [3.8, 4) is 11.5 Å². The number of aromatic nitrogens is 4. The predicted octanol–water partition coefficient (Wildman–Crippen LogP) is 1.51. The monoisotopic (exact) mass is 271 g/mol. The number of ether oxygens (including phenoxy) is 1. The number of nitrogens with zero attached hydrogens (tertiary/aromatic N) is 3. The van der Waals surface area contributed by atoms with E-state index in [2.05, 4.69) is 15.1 Å². The minimum atomic E-state index is -0.230. The van der Waals surface area contributed by atoms with E-state index in [-0.39, 0.29) is 5.56 Å². The molecule has 0 aliphatic heterocycles. The summed E-state index contributed by atoms with van der Waals surface area (Å²) >= 11 is 0. The van der Waals surface area contributed by atoms with Crippen LogP contribution < -0.4 is 16.0 Å². The molecule has 0 spiro atoms. The highest BCUT2D eigenvalue weighted by atomic mass is 16.5. The van der Waals surface area contributed by atoms with Gasteiger partial charge in [0.1, 0.15) is 0 Å². The maximum Gasteiger partial charge on any atom is 0.258 e. The molecule has 1 aromatic carbocycles. The van der Waals surface area contributed by atoms with Gasteiger partial charge in [-0.25, -0.2) is 4.98 Å². The predicted molar refractivity (Wildman–Crippen MR) is 74.8 cm³/mol. The summed E-state index contributed by atoms with van der Waals surface area (Å²) in [6.07, 6.45) is 4.73. The Labute approximate surface area is 114 Å². The van der Waals surface area contributed by atoms with Crippen LogP contribution in [0.2, 0.25) is 0 Å². The van der Waals surface area contributed by atoms with Gasteiger partial charge in [0.05, 0.1) is 35.3 Å². The van der Waals surface area contributed by atoms with Crippen LogP contribution in [0.3, 0.4) is 0 Å². The Hall–Kier alpha value is -2.83. The summed E-state index contributed by atoms with van der Waals surface area (Å²) in [5.74, 6) is 1.04. The lowest BCUT2D eigenvalue weighted by Crippen LogP contribution is -2.07. The first-order chi connectivity index (χ1) is 9.67. The Morgan fingerprint density at radius 3 is 3.05 bits per heavy atom. The zero-order valence-electron chi connectivity index (χ0n) is 10.8. The Kier molecular flexibility index (Phi) is 2.86. The number of fused-ring (bicyclic) bond motifs is 1. The molecule has 0 saturated carbocycles. The maximum atomic E-state index is 11.6. The molecule has 3 N–H and O–H groups in total. The number of aromatic amines is 1. The van der Waals surface area contributed by atoms with Crippen molar-refractivity contribution in [2.45, 2.75) is 13.5 Å². The van der Waals surface area contributed by atoms with Crippen molar-refractivity contribution in [1.29, 1.82) is 0 Å². The van der Waals surface area contributed by atoms with E-state index in [0.29, 0.717) is 28.1 Å². The first-order valence-corrected chi connectivity index (χ1v) is 6.14. The van der Waals surface area contributed by atoms with Crippen LogP contribution in [-0.4, -0.2) is 19.7 Å². The highest BCUT2D eigenvalue weighted by Crippen LogP contribution is 2.29.